The summed E-state index contributed by atoms with van der Waals surface area (Å²) in [4.78, 5) is 100. The fraction of sp³-hybridized carbons (Fsp3) is 0.444. The molecule has 12 aromatic heterocycles. The lowest BCUT2D eigenvalue weighted by Gasteiger charge is -2.14. The number of hydrogen-bond acceptors (Lipinski definition) is 12. The Morgan fingerprint density at radius 2 is 0.167 bits per heavy atom. The van der Waals surface area contributed by atoms with Gasteiger partial charge >= 0.3 is 0 Å². The number of pyridine rings is 12. The summed E-state index contributed by atoms with van der Waals surface area (Å²) in [5.41, 5.74) is 0. The van der Waals surface area contributed by atoms with Gasteiger partial charge in [-0.25, -0.2) is 54.8 Å². The highest BCUT2D eigenvalue weighted by atomic mass is 31.2. The zero-order chi connectivity index (χ0) is 108. The molecule has 0 fully saturated rings. The van der Waals surface area contributed by atoms with Crippen LogP contribution in [0.4, 0.5) is 25.2 Å². The van der Waals surface area contributed by atoms with E-state index in [-0.39, 0.29) is 0 Å². The molecule has 144 heavy (non-hydrogen) atoms. The lowest BCUT2D eigenvalue weighted by molar-refractivity contribution is -0.697. The number of aromatic nitrogens is 12. The predicted octanol–water partition coefficient (Wildman–Crippen LogP) is 14.7. The summed E-state index contributed by atoms with van der Waals surface area (Å²) < 4.78 is 86.3. The molecule has 0 saturated heterocycles. The predicted molar refractivity (Wildman–Crippen MR) is 547 cm³/mol. The zero-order valence-electron chi connectivity index (χ0n) is 87.3. The minimum Gasteiger partial charge on any atom is -0.816 e. The van der Waals surface area contributed by atoms with Crippen molar-refractivity contribution in [2.24, 2.45) is 0 Å². The first-order chi connectivity index (χ1) is 69.6. The largest absolute Gasteiger partial charge is 0.816 e. The standard InChI is InChI=1S/12C9H14N.6FO2P/c12*1-2-3-7-10-8-5-4-6-9-10;6*1-4(2)3/h12*4-6,8-9H,2-3,7H2,1H3;;;;;;/q12*+1;6*-2. The highest BCUT2D eigenvalue weighted by Crippen LogP contribution is 2.11. The molecule has 0 aliphatic rings. The molecule has 0 aromatic carbocycles. The van der Waals surface area contributed by atoms with Crippen molar-refractivity contribution < 1.29 is 139 Å². The third-order valence-corrected chi connectivity index (χ3v) is 18.6. The van der Waals surface area contributed by atoms with Crippen LogP contribution in [0.25, 0.3) is 0 Å². The molecule has 0 bridgehead atoms. The summed E-state index contributed by atoms with van der Waals surface area (Å²) in [6.07, 6.45) is 81.0. The molecule has 0 atom stereocenters. The minimum absolute atomic E-state index is 1.15. The van der Waals surface area contributed by atoms with E-state index in [1.54, 1.807) is 0 Å². The lowest BCUT2D eigenvalue weighted by Crippen LogP contribution is -2.31. The average Bonchev–Trinajstić information content (AvgIpc) is 1.05. The highest BCUT2D eigenvalue weighted by molar-refractivity contribution is 7.36. The minimum atomic E-state index is -3.62. The van der Waals surface area contributed by atoms with Gasteiger partial charge in [0.25, 0.3) is 0 Å². The monoisotopic (exact) mass is 2130 g/mol. The number of halogens is 6. The van der Waals surface area contributed by atoms with Crippen LogP contribution in [0.1, 0.15) is 237 Å². The van der Waals surface area contributed by atoms with Crippen LogP contribution < -0.4 is 114 Å². The summed E-state index contributed by atoms with van der Waals surface area (Å²) in [6, 6.07) is 74.1. The van der Waals surface area contributed by atoms with Crippen LogP contribution >= 0.6 is 52.1 Å². The summed E-state index contributed by atoms with van der Waals surface area (Å²) in [7, 11) is -21.7. The molecule has 0 N–H and O–H groups in total. The molecule has 0 aliphatic carbocycles. The molecular formula is C108H168F6N12O12P6. The Hall–Kier alpha value is -8.52. The number of unbranched alkanes of at least 4 members (excludes halogenated alkanes) is 12. The van der Waals surface area contributed by atoms with Gasteiger partial charge in [0.15, 0.2) is 149 Å². The normalized spacial score (nSPS) is 9.58. The second-order valence-electron chi connectivity index (χ2n) is 30.9. The van der Waals surface area contributed by atoms with E-state index in [0.717, 1.165) is 78.5 Å². The molecule has 12 aromatic rings. The quantitative estimate of drug-likeness (QED) is 0.0201. The lowest BCUT2D eigenvalue weighted by atomic mass is 10.3. The Bertz CT molecular complexity index is 3370. The van der Waals surface area contributed by atoms with Gasteiger partial charge < -0.3 is 58.7 Å². The van der Waals surface area contributed by atoms with Crippen molar-refractivity contribution in [3.8, 4) is 0 Å². The molecule has 12 rings (SSSR count). The van der Waals surface area contributed by atoms with Crippen molar-refractivity contribution in [2.45, 2.75) is 316 Å². The Kier molecular flexibility index (Phi) is 121. The Morgan fingerprint density at radius 3 is 0.208 bits per heavy atom. The van der Waals surface area contributed by atoms with Gasteiger partial charge in [0, 0.05) is 223 Å². The first kappa shape index (κ1) is 146. The maximum atomic E-state index is 9.95. The van der Waals surface area contributed by atoms with E-state index in [9.17, 15) is 25.2 Å². The van der Waals surface area contributed by atoms with E-state index in [1.807, 2.05) is 72.8 Å². The molecule has 24 nitrogen and oxygen atoms in total. The fourth-order valence-electron chi connectivity index (χ4n) is 11.1. The van der Waals surface area contributed by atoms with Crippen LogP contribution in [0.15, 0.2) is 367 Å². The first-order valence-corrected chi connectivity index (χ1v) is 56.1. The van der Waals surface area contributed by atoms with Crippen LogP contribution in [0.3, 0.4) is 0 Å². The molecule has 0 amide bonds. The van der Waals surface area contributed by atoms with E-state index in [1.165, 1.54) is 154 Å². The molecule has 0 spiro atoms. The SMILES string of the molecule is CCCC[n+]1ccccc1.CCCC[n+]1ccccc1.CCCC[n+]1ccccc1.CCCC[n+]1ccccc1.CCCC[n+]1ccccc1.CCCC[n+]1ccccc1.CCCC[n+]1ccccc1.CCCC[n+]1ccccc1.CCCC[n+]1ccccc1.CCCC[n+]1ccccc1.CCCC[n+]1ccccc1.CCCC[n+]1ccccc1.[O-]P([O-])F.[O-]P([O-])F.[O-]P([O-])F.[O-]P([O-])F.[O-]P([O-])F.[O-]P([O-])F. The number of hydrogen-bond donors (Lipinski definition) is 0. The van der Waals surface area contributed by atoms with Gasteiger partial charge in [0.05, 0.1) is 0 Å². The van der Waals surface area contributed by atoms with E-state index in [0.29, 0.717) is 0 Å². The van der Waals surface area contributed by atoms with Crippen molar-refractivity contribution in [2.75, 3.05) is 0 Å². The number of aryl methyl sites for hydroxylation is 12. The van der Waals surface area contributed by atoms with Gasteiger partial charge in [0.2, 0.25) is 0 Å². The Morgan fingerprint density at radius 1 is 0.118 bits per heavy atom. The van der Waals surface area contributed by atoms with Crippen LogP contribution in [0, 0.1) is 0 Å². The Labute approximate surface area is 868 Å². The van der Waals surface area contributed by atoms with Crippen molar-refractivity contribution in [3.05, 3.63) is 367 Å². The second-order valence-corrected chi connectivity index (χ2v) is 33.4. The first-order valence-electron chi connectivity index (χ1n) is 49.7. The average molecular weight is 2130 g/mol. The van der Waals surface area contributed by atoms with Crippen LogP contribution in [0.5, 0.6) is 0 Å². The van der Waals surface area contributed by atoms with Gasteiger partial charge in [-0.05, 0) is 0 Å². The highest BCUT2D eigenvalue weighted by Gasteiger charge is 2.03. The van der Waals surface area contributed by atoms with Crippen LogP contribution in [-0.2, 0) is 78.5 Å². The summed E-state index contributed by atoms with van der Waals surface area (Å²) in [6.45, 7) is 40.3. The topological polar surface area (TPSA) is 323 Å². The molecule has 0 saturated carbocycles. The van der Waals surface area contributed by atoms with E-state index in [4.69, 9.17) is 58.7 Å². The van der Waals surface area contributed by atoms with Gasteiger partial charge in [-0.15, -0.1) is 52.1 Å². The van der Waals surface area contributed by atoms with Gasteiger partial charge in [-0.3, -0.25) is 25.2 Å². The van der Waals surface area contributed by atoms with E-state index < -0.39 is 52.1 Å². The molecule has 0 unspecified atom stereocenters. The third-order valence-electron chi connectivity index (χ3n) is 18.6. The van der Waals surface area contributed by atoms with Crippen molar-refractivity contribution in [3.63, 3.8) is 0 Å². The van der Waals surface area contributed by atoms with Gasteiger partial charge in [-0.1, -0.05) is 233 Å². The fourth-order valence-corrected chi connectivity index (χ4v) is 11.1. The summed E-state index contributed by atoms with van der Waals surface area (Å²) in [5, 5.41) is 0. The van der Waals surface area contributed by atoms with Crippen molar-refractivity contribution >= 4 is 52.1 Å². The van der Waals surface area contributed by atoms with Gasteiger partial charge in [0.1, 0.15) is 78.5 Å². The zero-order valence-corrected chi connectivity index (χ0v) is 92.7. The van der Waals surface area contributed by atoms with E-state index >= 15 is 0 Å². The number of rotatable bonds is 36. The second kappa shape index (κ2) is 120. The van der Waals surface area contributed by atoms with Gasteiger partial charge in [-0.2, -0.15) is 0 Å². The molecule has 0 radical (unpaired) electrons. The van der Waals surface area contributed by atoms with Crippen LogP contribution in [0.2, 0.25) is 0 Å². The maximum Gasteiger partial charge on any atom is 0.168 e. The summed E-state index contributed by atoms with van der Waals surface area (Å²) in [5.74, 6) is 0. The van der Waals surface area contributed by atoms with Crippen molar-refractivity contribution in [1.29, 1.82) is 0 Å². The molecular weight excluding hydrogens is 1960 g/mol. The molecule has 0 aliphatic heterocycles. The molecule has 36 heteroatoms. The third kappa shape index (κ3) is 128. The smallest absolute Gasteiger partial charge is 0.168 e. The molecule has 12 heterocycles. The van der Waals surface area contributed by atoms with Crippen molar-refractivity contribution in [1.82, 2.24) is 0 Å². The number of nitrogens with zero attached hydrogens (tertiary/aromatic N) is 12. The summed E-state index contributed by atoms with van der Waals surface area (Å²) >= 11 is 0. The molecule has 804 valence electrons. The van der Waals surface area contributed by atoms with E-state index in [2.05, 4.69) is 432 Å². The van der Waals surface area contributed by atoms with Crippen LogP contribution in [-0.4, -0.2) is 0 Å². The maximum absolute atomic E-state index is 9.95. The Balaban J connectivity index is -0.000000353.